The van der Waals surface area contributed by atoms with Gasteiger partial charge in [-0.1, -0.05) is 6.07 Å². The zero-order valence-corrected chi connectivity index (χ0v) is 20.3. The summed E-state index contributed by atoms with van der Waals surface area (Å²) in [6, 6.07) is 9.68. The molecule has 2 saturated carbocycles. The Balaban J connectivity index is 1.52. The maximum Gasteiger partial charge on any atom is 0.281 e. The maximum atomic E-state index is 14.1. The minimum Gasteiger partial charge on any atom is -0.344 e. The van der Waals surface area contributed by atoms with Gasteiger partial charge in [-0.3, -0.25) is 19.3 Å². The van der Waals surface area contributed by atoms with E-state index < -0.39 is 0 Å². The lowest BCUT2D eigenvalue weighted by atomic mass is 10.1. The van der Waals surface area contributed by atoms with Crippen LogP contribution in [0.3, 0.4) is 0 Å². The van der Waals surface area contributed by atoms with Crippen molar-refractivity contribution in [1.82, 2.24) is 29.1 Å². The lowest BCUT2D eigenvalue weighted by Gasteiger charge is -2.13. The van der Waals surface area contributed by atoms with Gasteiger partial charge in [0.15, 0.2) is 5.78 Å². The minimum atomic E-state index is -0.225. The predicted molar refractivity (Wildman–Crippen MR) is 138 cm³/mol. The molecule has 1 aromatic carbocycles. The van der Waals surface area contributed by atoms with Gasteiger partial charge in [-0.05, 0) is 62.8 Å². The molecule has 2 fully saturated rings. The van der Waals surface area contributed by atoms with Gasteiger partial charge >= 0.3 is 0 Å². The number of Topliss-reactive ketones (excluding diaryl/α,β-unsaturated/α-hetero) is 1. The highest BCUT2D eigenvalue weighted by atomic mass is 16.1. The van der Waals surface area contributed by atoms with Crippen molar-refractivity contribution in [2.24, 2.45) is 13.0 Å². The number of hydrogen-bond donors (Lipinski definition) is 0. The summed E-state index contributed by atoms with van der Waals surface area (Å²) in [4.78, 5) is 31.5. The Kier molecular flexibility index (Phi) is 4.55. The van der Waals surface area contributed by atoms with E-state index in [-0.39, 0.29) is 11.3 Å². The number of carbonyl (C=O) groups is 1. The summed E-state index contributed by atoms with van der Waals surface area (Å²) < 4.78 is 5.24. The molecule has 0 bridgehead atoms. The van der Waals surface area contributed by atoms with Crippen LogP contribution in [0.25, 0.3) is 38.8 Å². The zero-order chi connectivity index (χ0) is 24.6. The number of aryl methyl sites for hydroxylation is 1. The molecule has 2 aliphatic rings. The van der Waals surface area contributed by atoms with Gasteiger partial charge in [0.05, 0.1) is 27.8 Å². The molecule has 0 atom stereocenters. The molecule has 0 N–H and O–H groups in total. The number of fused-ring (bicyclic) bond motifs is 2. The predicted octanol–water partition coefficient (Wildman–Crippen LogP) is 4.63. The van der Waals surface area contributed by atoms with Gasteiger partial charge in [0, 0.05) is 54.7 Å². The zero-order valence-electron chi connectivity index (χ0n) is 20.3. The highest BCUT2D eigenvalue weighted by Gasteiger charge is 2.28. The summed E-state index contributed by atoms with van der Waals surface area (Å²) >= 11 is 0. The second-order valence-corrected chi connectivity index (χ2v) is 10.3. The first kappa shape index (κ1) is 21.2. The van der Waals surface area contributed by atoms with Crippen LogP contribution in [0.4, 0.5) is 0 Å². The van der Waals surface area contributed by atoms with E-state index in [0.29, 0.717) is 34.2 Å². The van der Waals surface area contributed by atoms with Gasteiger partial charge in [0.25, 0.3) is 5.56 Å². The molecule has 0 aliphatic heterocycles. The van der Waals surface area contributed by atoms with E-state index in [2.05, 4.69) is 9.67 Å². The molecular weight excluding hydrogens is 452 g/mol. The first-order valence-corrected chi connectivity index (χ1v) is 12.5. The summed E-state index contributed by atoms with van der Waals surface area (Å²) in [7, 11) is 1.87. The summed E-state index contributed by atoms with van der Waals surface area (Å²) in [5.74, 6) is 1.03. The van der Waals surface area contributed by atoms with Gasteiger partial charge in [-0.25, -0.2) is 0 Å². The Morgan fingerprint density at radius 2 is 1.89 bits per heavy atom. The van der Waals surface area contributed by atoms with Crippen LogP contribution in [0.15, 0.2) is 53.7 Å². The molecule has 8 heteroatoms. The normalized spacial score (nSPS) is 15.7. The molecular formula is C28H26N6O2. The Labute approximate surface area is 207 Å². The fourth-order valence-electron chi connectivity index (χ4n) is 5.12. The van der Waals surface area contributed by atoms with E-state index in [1.165, 1.54) is 17.5 Å². The molecule has 0 spiro atoms. The van der Waals surface area contributed by atoms with Crippen molar-refractivity contribution < 1.29 is 4.79 Å². The standard InChI is InChI=1S/C28H26N6O2/c1-16(35)22-15-33(13-17-3-4-17)27-25(19-7-9-23(29-12-19)18-5-6-18)28(36)34(31-26(22)27)21-8-10-24-20(11-21)14-32(2)30-24/h7-12,14-15,17-18H,3-6,13H2,1-2H3. The third-order valence-electron chi connectivity index (χ3n) is 7.34. The fraction of sp³-hybridized carbons (Fsp3) is 0.321. The quantitative estimate of drug-likeness (QED) is 0.332. The fourth-order valence-corrected chi connectivity index (χ4v) is 5.12. The average Bonchev–Trinajstić information content (AvgIpc) is 3.79. The molecule has 5 aromatic rings. The Morgan fingerprint density at radius 3 is 2.58 bits per heavy atom. The number of nitrogens with zero attached hydrogens (tertiary/aromatic N) is 6. The van der Waals surface area contributed by atoms with Crippen LogP contribution in [0, 0.1) is 5.92 Å². The van der Waals surface area contributed by atoms with Gasteiger partial charge in [0.2, 0.25) is 0 Å². The van der Waals surface area contributed by atoms with Crippen LogP contribution < -0.4 is 5.56 Å². The first-order valence-electron chi connectivity index (χ1n) is 12.5. The number of rotatable bonds is 6. The van der Waals surface area contributed by atoms with Gasteiger partial charge in [0.1, 0.15) is 5.52 Å². The molecule has 180 valence electrons. The lowest BCUT2D eigenvalue weighted by Crippen LogP contribution is -2.24. The van der Waals surface area contributed by atoms with Crippen molar-refractivity contribution in [3.63, 3.8) is 0 Å². The van der Waals surface area contributed by atoms with E-state index in [1.54, 1.807) is 17.8 Å². The smallest absolute Gasteiger partial charge is 0.281 e. The topological polar surface area (TPSA) is 87.6 Å². The largest absolute Gasteiger partial charge is 0.344 e. The molecule has 2 aliphatic carbocycles. The van der Waals surface area contributed by atoms with Crippen molar-refractivity contribution in [2.45, 2.75) is 45.1 Å². The molecule has 7 rings (SSSR count). The number of benzene rings is 1. The third kappa shape index (κ3) is 3.47. The molecule has 36 heavy (non-hydrogen) atoms. The van der Waals surface area contributed by atoms with Crippen LogP contribution in [-0.4, -0.2) is 34.9 Å². The Bertz CT molecular complexity index is 1730. The van der Waals surface area contributed by atoms with Crippen LogP contribution in [0.2, 0.25) is 0 Å². The van der Waals surface area contributed by atoms with Crippen LogP contribution >= 0.6 is 0 Å². The van der Waals surface area contributed by atoms with Crippen molar-refractivity contribution >= 4 is 27.7 Å². The monoisotopic (exact) mass is 478 g/mol. The number of aromatic nitrogens is 6. The molecule has 4 heterocycles. The van der Waals surface area contributed by atoms with E-state index in [9.17, 15) is 9.59 Å². The summed E-state index contributed by atoms with van der Waals surface area (Å²) in [5.41, 5.74) is 5.41. The Hall–Kier alpha value is -4.07. The second kappa shape index (κ2) is 7.71. The van der Waals surface area contributed by atoms with Crippen LogP contribution in [0.5, 0.6) is 0 Å². The minimum absolute atomic E-state index is 0.0666. The average molecular weight is 479 g/mol. The van der Waals surface area contributed by atoms with Crippen molar-refractivity contribution in [1.29, 1.82) is 0 Å². The SMILES string of the molecule is CC(=O)c1cn(CC2CC2)c2c(-c3ccc(C4CC4)nc3)c(=O)n(-c3ccc4nn(C)cc4c3)nc12. The van der Waals surface area contributed by atoms with E-state index in [4.69, 9.17) is 10.1 Å². The first-order chi connectivity index (χ1) is 17.5. The highest BCUT2D eigenvalue weighted by molar-refractivity contribution is 6.08. The maximum absolute atomic E-state index is 14.1. The van der Waals surface area contributed by atoms with Crippen molar-refractivity contribution in [2.75, 3.05) is 0 Å². The number of ketones is 1. The van der Waals surface area contributed by atoms with Crippen LogP contribution in [-0.2, 0) is 13.6 Å². The third-order valence-corrected chi connectivity index (χ3v) is 7.34. The second-order valence-electron chi connectivity index (χ2n) is 10.3. The number of hydrogen-bond acceptors (Lipinski definition) is 5. The Morgan fingerprint density at radius 1 is 1.06 bits per heavy atom. The highest BCUT2D eigenvalue weighted by Crippen LogP contribution is 2.40. The van der Waals surface area contributed by atoms with Crippen molar-refractivity contribution in [3.8, 4) is 16.8 Å². The van der Waals surface area contributed by atoms with E-state index in [0.717, 1.165) is 47.1 Å². The number of carbonyl (C=O) groups excluding carboxylic acids is 1. The van der Waals surface area contributed by atoms with E-state index >= 15 is 0 Å². The van der Waals surface area contributed by atoms with Crippen LogP contribution in [0.1, 0.15) is 54.6 Å². The molecule has 0 radical (unpaired) electrons. The van der Waals surface area contributed by atoms with E-state index in [1.807, 2.05) is 49.8 Å². The lowest BCUT2D eigenvalue weighted by molar-refractivity contribution is 0.101. The molecule has 0 unspecified atom stereocenters. The van der Waals surface area contributed by atoms with Gasteiger partial charge in [-0.15, -0.1) is 0 Å². The molecule has 0 amide bonds. The molecule has 8 nitrogen and oxygen atoms in total. The molecule has 0 saturated heterocycles. The summed E-state index contributed by atoms with van der Waals surface area (Å²) in [6.45, 7) is 2.33. The number of pyridine rings is 1. The van der Waals surface area contributed by atoms with Crippen molar-refractivity contribution in [3.05, 3.63) is 70.5 Å². The summed E-state index contributed by atoms with van der Waals surface area (Å²) in [6.07, 6.45) is 10.3. The van der Waals surface area contributed by atoms with Gasteiger partial charge < -0.3 is 4.57 Å². The molecule has 4 aromatic heterocycles. The van der Waals surface area contributed by atoms with Gasteiger partial charge in [-0.2, -0.15) is 14.9 Å². The summed E-state index contributed by atoms with van der Waals surface area (Å²) in [5, 5.41) is 10.1.